The molecule has 108 valence electrons. The molecule has 0 saturated heterocycles. The summed E-state index contributed by atoms with van der Waals surface area (Å²) in [5.41, 5.74) is 5.13. The molecule has 0 heterocycles. The molecule has 0 spiro atoms. The quantitative estimate of drug-likeness (QED) is 0.374. The Morgan fingerprint density at radius 2 is 1.95 bits per heavy atom. The predicted octanol–water partition coefficient (Wildman–Crippen LogP) is -0.152. The third-order valence-electron chi connectivity index (χ3n) is 2.21. The van der Waals surface area contributed by atoms with Crippen LogP contribution in [0.3, 0.4) is 0 Å². The highest BCUT2D eigenvalue weighted by Crippen LogP contribution is 2.18. The molecule has 1 aromatic carbocycles. The molecule has 0 aromatic heterocycles. The van der Waals surface area contributed by atoms with Crippen LogP contribution in [0.2, 0.25) is 0 Å². The zero-order valence-corrected chi connectivity index (χ0v) is 10.5. The lowest BCUT2D eigenvalue weighted by Crippen LogP contribution is -2.50. The average Bonchev–Trinajstić information content (AvgIpc) is 2.38. The number of non-ortho nitro benzene ring substituents is 1. The lowest BCUT2D eigenvalue weighted by atomic mass is 10.3. The summed E-state index contributed by atoms with van der Waals surface area (Å²) in [7, 11) is 0. The molecule has 0 aliphatic rings. The summed E-state index contributed by atoms with van der Waals surface area (Å²) in [6.45, 7) is 1.39. The minimum Gasteiger partial charge on any atom is -0.477 e. The summed E-state index contributed by atoms with van der Waals surface area (Å²) in [6.07, 6.45) is -1.63. The Bertz CT molecular complexity index is 513. The van der Waals surface area contributed by atoms with Crippen LogP contribution in [-0.4, -0.2) is 34.2 Å². The summed E-state index contributed by atoms with van der Waals surface area (Å²) in [4.78, 5) is 32.1. The number of carboxylic acids is 1. The zero-order valence-electron chi connectivity index (χ0n) is 10.5. The van der Waals surface area contributed by atoms with Crippen molar-refractivity contribution in [1.82, 2.24) is 5.32 Å². The number of benzene rings is 1. The third-order valence-corrected chi connectivity index (χ3v) is 2.21. The molecule has 2 atom stereocenters. The Hall–Kier alpha value is -2.68. The smallest absolute Gasteiger partial charge is 0.366 e. The summed E-state index contributed by atoms with van der Waals surface area (Å²) < 4.78 is 5.02. The Morgan fingerprint density at radius 3 is 2.35 bits per heavy atom. The van der Waals surface area contributed by atoms with Gasteiger partial charge in [0.25, 0.3) is 11.9 Å². The van der Waals surface area contributed by atoms with E-state index in [0.29, 0.717) is 0 Å². The highest BCUT2D eigenvalue weighted by molar-refractivity contribution is 5.85. The fraction of sp³-hybridized carbons (Fsp3) is 0.273. The van der Waals surface area contributed by atoms with E-state index in [2.05, 4.69) is 5.32 Å². The molecule has 20 heavy (non-hydrogen) atoms. The van der Waals surface area contributed by atoms with E-state index in [1.807, 2.05) is 0 Å². The van der Waals surface area contributed by atoms with Crippen LogP contribution in [0.1, 0.15) is 6.92 Å². The van der Waals surface area contributed by atoms with Gasteiger partial charge in [0.1, 0.15) is 5.75 Å². The number of amides is 1. The number of hydrogen-bond acceptors (Lipinski definition) is 6. The van der Waals surface area contributed by atoms with E-state index in [-0.39, 0.29) is 11.4 Å². The predicted molar refractivity (Wildman–Crippen MR) is 66.9 cm³/mol. The van der Waals surface area contributed by atoms with Crippen LogP contribution in [0.25, 0.3) is 0 Å². The number of nitrogens with two attached hydrogens (primary N) is 1. The molecule has 0 radical (unpaired) electrons. The number of nitro benzene ring substituents is 1. The number of carboxylic acid groups (broad SMARTS) is 1. The molecule has 4 N–H and O–H groups in total. The summed E-state index contributed by atoms with van der Waals surface area (Å²) in [6, 6.07) is 3.87. The molecule has 9 nitrogen and oxygen atoms in total. The van der Waals surface area contributed by atoms with Crippen LogP contribution >= 0.6 is 0 Å². The maximum absolute atomic E-state index is 11.3. The molecule has 0 saturated carbocycles. The van der Waals surface area contributed by atoms with Crippen LogP contribution in [0, 0.1) is 10.1 Å². The van der Waals surface area contributed by atoms with Crippen molar-refractivity contribution >= 4 is 17.6 Å². The fourth-order valence-electron chi connectivity index (χ4n) is 1.18. The third kappa shape index (κ3) is 4.21. The maximum Gasteiger partial charge on any atom is 0.366 e. The van der Waals surface area contributed by atoms with Crippen LogP contribution in [-0.2, 0) is 9.59 Å². The van der Waals surface area contributed by atoms with Gasteiger partial charge in [0.05, 0.1) is 11.0 Å². The normalized spacial score (nSPS) is 13.1. The van der Waals surface area contributed by atoms with E-state index in [1.54, 1.807) is 0 Å². The first-order valence-electron chi connectivity index (χ1n) is 5.51. The first-order chi connectivity index (χ1) is 9.31. The summed E-state index contributed by atoms with van der Waals surface area (Å²) >= 11 is 0. The van der Waals surface area contributed by atoms with Gasteiger partial charge in [0.15, 0.2) is 0 Å². The molecular formula is C11H13N3O6. The van der Waals surface area contributed by atoms with Gasteiger partial charge >= 0.3 is 5.97 Å². The van der Waals surface area contributed by atoms with Gasteiger partial charge in [-0.15, -0.1) is 0 Å². The van der Waals surface area contributed by atoms with Crippen LogP contribution in [0.5, 0.6) is 5.75 Å². The van der Waals surface area contributed by atoms with Gasteiger partial charge in [-0.25, -0.2) is 4.79 Å². The van der Waals surface area contributed by atoms with Crippen molar-refractivity contribution in [2.75, 3.05) is 0 Å². The SMILES string of the molecule is C[C@H](N)C(=O)NC(Oc1ccc([N+](=O)[O-])cc1)C(=O)O. The molecule has 0 bridgehead atoms. The van der Waals surface area contributed by atoms with Crippen LogP contribution in [0.15, 0.2) is 24.3 Å². The highest BCUT2D eigenvalue weighted by Gasteiger charge is 2.23. The van der Waals surface area contributed by atoms with E-state index in [0.717, 1.165) is 12.1 Å². The van der Waals surface area contributed by atoms with Crippen LogP contribution in [0.4, 0.5) is 5.69 Å². The second-order valence-electron chi connectivity index (χ2n) is 3.88. The first kappa shape index (κ1) is 15.4. The molecule has 0 fully saturated rings. The van der Waals surface area contributed by atoms with E-state index in [9.17, 15) is 19.7 Å². The molecule has 0 aliphatic heterocycles. The van der Waals surface area contributed by atoms with Crippen LogP contribution < -0.4 is 15.8 Å². The van der Waals surface area contributed by atoms with Crippen molar-refractivity contribution in [3.63, 3.8) is 0 Å². The highest BCUT2D eigenvalue weighted by atomic mass is 16.6. The Kier molecular flexibility index (Phi) is 4.98. The van der Waals surface area contributed by atoms with Gasteiger partial charge in [-0.05, 0) is 19.1 Å². The molecule has 1 amide bonds. The Morgan fingerprint density at radius 1 is 1.40 bits per heavy atom. The van der Waals surface area contributed by atoms with Gasteiger partial charge in [-0.3, -0.25) is 14.9 Å². The van der Waals surface area contributed by atoms with Crippen molar-refractivity contribution in [1.29, 1.82) is 0 Å². The number of hydrogen-bond donors (Lipinski definition) is 3. The Balaban J connectivity index is 2.78. The molecule has 9 heteroatoms. The van der Waals surface area contributed by atoms with Crippen molar-refractivity contribution in [2.45, 2.75) is 19.2 Å². The van der Waals surface area contributed by atoms with Gasteiger partial charge in [-0.2, -0.15) is 0 Å². The number of nitrogens with zero attached hydrogens (tertiary/aromatic N) is 1. The number of carbonyl (C=O) groups excluding carboxylic acids is 1. The van der Waals surface area contributed by atoms with Crippen molar-refractivity contribution in [2.24, 2.45) is 5.73 Å². The number of carbonyl (C=O) groups is 2. The number of nitrogens with one attached hydrogen (secondary N) is 1. The van der Waals surface area contributed by atoms with Gasteiger partial charge < -0.3 is 20.9 Å². The largest absolute Gasteiger partial charge is 0.477 e. The lowest BCUT2D eigenvalue weighted by molar-refractivity contribution is -0.384. The lowest BCUT2D eigenvalue weighted by Gasteiger charge is -2.17. The van der Waals surface area contributed by atoms with E-state index in [1.165, 1.54) is 19.1 Å². The topological polar surface area (TPSA) is 145 Å². The first-order valence-corrected chi connectivity index (χ1v) is 5.51. The number of rotatable bonds is 6. The summed E-state index contributed by atoms with van der Waals surface area (Å²) in [5.74, 6) is -2.05. The summed E-state index contributed by atoms with van der Waals surface area (Å²) in [5, 5.41) is 21.5. The van der Waals surface area contributed by atoms with E-state index < -0.39 is 29.1 Å². The number of aliphatic carboxylic acids is 1. The fourth-order valence-corrected chi connectivity index (χ4v) is 1.18. The maximum atomic E-state index is 11.3. The van der Waals surface area contributed by atoms with Crippen molar-refractivity contribution in [3.8, 4) is 5.75 Å². The minimum atomic E-state index is -1.63. The average molecular weight is 283 g/mol. The molecule has 1 rings (SSSR count). The number of nitro groups is 1. The Labute approximate surface area is 113 Å². The standard InChI is InChI=1S/C11H13N3O6/c1-6(12)9(15)13-10(11(16)17)20-8-4-2-7(3-5-8)14(18)19/h2-6,10H,12H2,1H3,(H,13,15)(H,16,17)/t6-,10?/m0/s1. The monoisotopic (exact) mass is 283 g/mol. The minimum absolute atomic E-state index is 0.0629. The molecule has 0 aliphatic carbocycles. The van der Waals surface area contributed by atoms with E-state index >= 15 is 0 Å². The van der Waals surface area contributed by atoms with Crippen molar-refractivity contribution < 1.29 is 24.4 Å². The molecule has 1 aromatic rings. The second kappa shape index (κ2) is 6.48. The van der Waals surface area contributed by atoms with Gasteiger partial charge in [-0.1, -0.05) is 0 Å². The van der Waals surface area contributed by atoms with Gasteiger partial charge in [0.2, 0.25) is 5.91 Å². The zero-order chi connectivity index (χ0) is 15.3. The van der Waals surface area contributed by atoms with Crippen molar-refractivity contribution in [3.05, 3.63) is 34.4 Å². The molecular weight excluding hydrogens is 270 g/mol. The number of ether oxygens (including phenoxy) is 1. The second-order valence-corrected chi connectivity index (χ2v) is 3.88. The molecule has 1 unspecified atom stereocenters. The van der Waals surface area contributed by atoms with Gasteiger partial charge in [0, 0.05) is 12.1 Å². The van der Waals surface area contributed by atoms with E-state index in [4.69, 9.17) is 15.6 Å².